The van der Waals surface area contributed by atoms with Crippen LogP contribution in [0.15, 0.2) is 41.3 Å². The Labute approximate surface area is 174 Å². The van der Waals surface area contributed by atoms with Gasteiger partial charge in [-0.1, -0.05) is 11.6 Å². The van der Waals surface area contributed by atoms with Crippen LogP contribution >= 0.6 is 22.9 Å². The zero-order valence-corrected chi connectivity index (χ0v) is 18.2. The van der Waals surface area contributed by atoms with E-state index in [1.807, 2.05) is 12.1 Å². The molecule has 1 aromatic carbocycles. The monoisotopic (exact) mass is 442 g/mol. The summed E-state index contributed by atoms with van der Waals surface area (Å²) >= 11 is 7.39. The first-order valence-corrected chi connectivity index (χ1v) is 11.6. The number of sulfonamides is 1. The number of rotatable bonds is 6. The number of carbonyl (C=O) groups excluding carboxylic acids is 1. The van der Waals surface area contributed by atoms with Crippen LogP contribution in [-0.2, 0) is 21.4 Å². The van der Waals surface area contributed by atoms with Crippen molar-refractivity contribution in [2.24, 2.45) is 5.92 Å². The number of benzene rings is 1. The second kappa shape index (κ2) is 8.82. The molecule has 0 aliphatic carbocycles. The highest BCUT2D eigenvalue weighted by Gasteiger charge is 2.34. The maximum absolute atomic E-state index is 13.0. The Kier molecular flexibility index (Phi) is 6.65. The van der Waals surface area contributed by atoms with Crippen LogP contribution < -0.4 is 4.74 Å². The van der Waals surface area contributed by atoms with Gasteiger partial charge in [0.2, 0.25) is 15.9 Å². The SMILES string of the molecule is COc1ccc(S(=O)(=O)N2CCC[C@H](C(=O)N(C)Cc3ccc(Cl)s3)C2)cc1. The minimum Gasteiger partial charge on any atom is -0.497 e. The summed E-state index contributed by atoms with van der Waals surface area (Å²) in [7, 11) is -0.367. The molecule has 0 radical (unpaired) electrons. The summed E-state index contributed by atoms with van der Waals surface area (Å²) in [6.45, 7) is 1.09. The molecule has 28 heavy (non-hydrogen) atoms. The average Bonchev–Trinajstić information content (AvgIpc) is 3.12. The molecule has 2 aromatic rings. The van der Waals surface area contributed by atoms with Gasteiger partial charge in [-0.3, -0.25) is 4.79 Å². The highest BCUT2D eigenvalue weighted by Crippen LogP contribution is 2.27. The van der Waals surface area contributed by atoms with Crippen molar-refractivity contribution in [2.45, 2.75) is 24.3 Å². The summed E-state index contributed by atoms with van der Waals surface area (Å²) in [5, 5.41) is 0. The molecule has 2 heterocycles. The standard InChI is InChI=1S/C19H23ClN2O4S2/c1-21(13-16-7-10-18(20)27-16)19(23)14-4-3-11-22(12-14)28(24,25)17-8-5-15(26-2)6-9-17/h5-10,14H,3-4,11-13H2,1-2H3/t14-/m0/s1. The molecule has 1 aliphatic rings. The number of halogens is 1. The van der Waals surface area contributed by atoms with Crippen LogP contribution in [0.1, 0.15) is 17.7 Å². The van der Waals surface area contributed by atoms with Crippen LogP contribution in [0.25, 0.3) is 0 Å². The molecule has 1 aliphatic heterocycles. The number of amides is 1. The summed E-state index contributed by atoms with van der Waals surface area (Å²) in [5.41, 5.74) is 0. The number of methoxy groups -OCH3 is 1. The van der Waals surface area contributed by atoms with Gasteiger partial charge in [0.1, 0.15) is 5.75 Å². The number of hydrogen-bond donors (Lipinski definition) is 0. The Bertz CT molecular complexity index is 928. The minimum atomic E-state index is -3.64. The fourth-order valence-corrected chi connectivity index (χ4v) is 5.98. The molecule has 0 unspecified atom stereocenters. The smallest absolute Gasteiger partial charge is 0.243 e. The number of ether oxygens (including phenoxy) is 1. The van der Waals surface area contributed by atoms with E-state index in [2.05, 4.69) is 0 Å². The van der Waals surface area contributed by atoms with Crippen molar-refractivity contribution in [1.82, 2.24) is 9.21 Å². The summed E-state index contributed by atoms with van der Waals surface area (Å²) < 4.78 is 33.1. The minimum absolute atomic E-state index is 0.0425. The number of thiophene rings is 1. The average molecular weight is 443 g/mol. The van der Waals surface area contributed by atoms with Gasteiger partial charge >= 0.3 is 0 Å². The molecule has 0 bridgehead atoms. The van der Waals surface area contributed by atoms with Crippen molar-refractivity contribution >= 4 is 38.9 Å². The van der Waals surface area contributed by atoms with Crippen molar-refractivity contribution in [2.75, 3.05) is 27.2 Å². The maximum atomic E-state index is 13.0. The molecule has 0 saturated carbocycles. The van der Waals surface area contributed by atoms with Crippen LogP contribution in [0, 0.1) is 5.92 Å². The van der Waals surface area contributed by atoms with E-state index in [0.29, 0.717) is 36.0 Å². The molecule has 0 N–H and O–H groups in total. The molecule has 1 atom stereocenters. The van der Waals surface area contributed by atoms with Gasteiger partial charge in [-0.2, -0.15) is 4.31 Å². The van der Waals surface area contributed by atoms with Crippen LogP contribution in [0.2, 0.25) is 4.34 Å². The van der Waals surface area contributed by atoms with E-state index in [-0.39, 0.29) is 23.3 Å². The van der Waals surface area contributed by atoms with Gasteiger partial charge in [0.15, 0.2) is 0 Å². The fraction of sp³-hybridized carbons (Fsp3) is 0.421. The zero-order valence-electron chi connectivity index (χ0n) is 15.8. The summed E-state index contributed by atoms with van der Waals surface area (Å²) in [6, 6.07) is 10.0. The lowest BCUT2D eigenvalue weighted by molar-refractivity contribution is -0.135. The van der Waals surface area contributed by atoms with E-state index in [0.717, 1.165) is 4.88 Å². The van der Waals surface area contributed by atoms with E-state index in [1.165, 1.54) is 34.9 Å². The fourth-order valence-electron chi connectivity index (χ4n) is 3.32. The Hall–Kier alpha value is -1.61. The van der Waals surface area contributed by atoms with Crippen molar-refractivity contribution in [3.05, 3.63) is 45.6 Å². The van der Waals surface area contributed by atoms with Crippen LogP contribution in [0.4, 0.5) is 0 Å². The Morgan fingerprint density at radius 3 is 2.61 bits per heavy atom. The maximum Gasteiger partial charge on any atom is 0.243 e. The first-order valence-electron chi connectivity index (χ1n) is 8.94. The van der Waals surface area contributed by atoms with Crippen molar-refractivity contribution in [3.8, 4) is 5.75 Å². The van der Waals surface area contributed by atoms with Gasteiger partial charge in [-0.25, -0.2) is 8.42 Å². The molecule has 1 saturated heterocycles. The second-order valence-electron chi connectivity index (χ2n) is 6.78. The lowest BCUT2D eigenvalue weighted by Gasteiger charge is -2.33. The molecule has 6 nitrogen and oxygen atoms in total. The van der Waals surface area contributed by atoms with Gasteiger partial charge in [0, 0.05) is 25.0 Å². The number of hydrogen-bond acceptors (Lipinski definition) is 5. The molecule has 152 valence electrons. The Morgan fingerprint density at radius 2 is 2.00 bits per heavy atom. The molecule has 1 fully saturated rings. The molecule has 0 spiro atoms. The molecule has 9 heteroatoms. The van der Waals surface area contributed by atoms with Crippen molar-refractivity contribution in [3.63, 3.8) is 0 Å². The lowest BCUT2D eigenvalue weighted by Crippen LogP contribution is -2.45. The normalized spacial score (nSPS) is 18.0. The lowest BCUT2D eigenvalue weighted by atomic mass is 9.98. The van der Waals surface area contributed by atoms with E-state index in [4.69, 9.17) is 16.3 Å². The van der Waals surface area contributed by atoms with Crippen molar-refractivity contribution in [1.29, 1.82) is 0 Å². The van der Waals surface area contributed by atoms with E-state index < -0.39 is 10.0 Å². The highest BCUT2D eigenvalue weighted by molar-refractivity contribution is 7.89. The first-order chi connectivity index (χ1) is 13.3. The van der Waals surface area contributed by atoms with Crippen LogP contribution in [0.5, 0.6) is 5.75 Å². The van der Waals surface area contributed by atoms with E-state index in [1.54, 1.807) is 24.1 Å². The second-order valence-corrected chi connectivity index (χ2v) is 10.5. The molecule has 1 amide bonds. The van der Waals surface area contributed by atoms with Gasteiger partial charge in [-0.15, -0.1) is 11.3 Å². The van der Waals surface area contributed by atoms with E-state index in [9.17, 15) is 13.2 Å². The molecule has 1 aromatic heterocycles. The Balaban J connectivity index is 1.69. The van der Waals surface area contributed by atoms with Crippen LogP contribution in [0.3, 0.4) is 0 Å². The number of piperidine rings is 1. The van der Waals surface area contributed by atoms with Gasteiger partial charge in [-0.05, 0) is 49.2 Å². The number of carbonyl (C=O) groups is 1. The molecular formula is C19H23ClN2O4S2. The zero-order chi connectivity index (χ0) is 20.3. The topological polar surface area (TPSA) is 66.9 Å². The van der Waals surface area contributed by atoms with Crippen LogP contribution in [-0.4, -0.2) is 50.8 Å². The highest BCUT2D eigenvalue weighted by atomic mass is 35.5. The van der Waals surface area contributed by atoms with E-state index >= 15 is 0 Å². The quantitative estimate of drug-likeness (QED) is 0.687. The summed E-state index contributed by atoms with van der Waals surface area (Å²) in [6.07, 6.45) is 1.34. The first kappa shape index (κ1) is 21.1. The largest absolute Gasteiger partial charge is 0.497 e. The van der Waals surface area contributed by atoms with Gasteiger partial charge in [0.25, 0.3) is 0 Å². The third kappa shape index (κ3) is 4.68. The molecule has 3 rings (SSSR count). The summed E-state index contributed by atoms with van der Waals surface area (Å²) in [4.78, 5) is 15.7. The third-order valence-electron chi connectivity index (χ3n) is 4.83. The Morgan fingerprint density at radius 1 is 1.29 bits per heavy atom. The summed E-state index contributed by atoms with van der Waals surface area (Å²) in [5.74, 6) is 0.210. The van der Waals surface area contributed by atoms with Gasteiger partial charge < -0.3 is 9.64 Å². The van der Waals surface area contributed by atoms with Gasteiger partial charge in [0.05, 0.1) is 28.8 Å². The predicted molar refractivity (Wildman–Crippen MR) is 110 cm³/mol. The third-order valence-corrected chi connectivity index (χ3v) is 7.92. The predicted octanol–water partition coefficient (Wildman–Crippen LogP) is 3.47. The molecular weight excluding hydrogens is 420 g/mol. The number of nitrogens with zero attached hydrogens (tertiary/aromatic N) is 2. The van der Waals surface area contributed by atoms with Crippen molar-refractivity contribution < 1.29 is 17.9 Å².